The molecule has 0 N–H and O–H groups in total. The molecule has 1 aliphatic rings. The van der Waals surface area contributed by atoms with E-state index < -0.39 is 0 Å². The summed E-state index contributed by atoms with van der Waals surface area (Å²) in [7, 11) is 0. The molecule has 0 radical (unpaired) electrons. The Bertz CT molecular complexity index is 1090. The minimum absolute atomic E-state index is 0.111. The Morgan fingerprint density at radius 2 is 1.93 bits per heavy atom. The lowest BCUT2D eigenvalue weighted by Crippen LogP contribution is -2.17. The fourth-order valence-electron chi connectivity index (χ4n) is 3.08. The van der Waals surface area contributed by atoms with E-state index in [0.717, 1.165) is 44.4 Å². The van der Waals surface area contributed by atoms with Crippen molar-refractivity contribution in [3.63, 3.8) is 0 Å². The van der Waals surface area contributed by atoms with Crippen LogP contribution in [-0.4, -0.2) is 29.4 Å². The lowest BCUT2D eigenvalue weighted by Gasteiger charge is -2.18. The monoisotopic (exact) mass is 448 g/mol. The van der Waals surface area contributed by atoms with Crippen molar-refractivity contribution in [1.82, 2.24) is 4.57 Å². The van der Waals surface area contributed by atoms with Gasteiger partial charge in [0.15, 0.2) is 16.3 Å². The van der Waals surface area contributed by atoms with E-state index >= 15 is 0 Å². The second-order valence-corrected chi connectivity index (χ2v) is 9.17. The van der Waals surface area contributed by atoms with Gasteiger partial charge in [0.2, 0.25) is 5.91 Å². The van der Waals surface area contributed by atoms with Gasteiger partial charge >= 0.3 is 0 Å². The molecule has 1 aliphatic heterocycles. The van der Waals surface area contributed by atoms with E-state index in [9.17, 15) is 4.79 Å². The summed E-state index contributed by atoms with van der Waals surface area (Å²) in [6, 6.07) is 11.6. The quantitative estimate of drug-likeness (QED) is 0.489. The first-order valence-corrected chi connectivity index (χ1v) is 11.7. The van der Waals surface area contributed by atoms with Crippen LogP contribution in [0.15, 0.2) is 46.3 Å². The molecule has 1 amide bonds. The first kappa shape index (κ1) is 20.3. The summed E-state index contributed by atoms with van der Waals surface area (Å²) in [4.78, 5) is 18.7. The maximum absolute atomic E-state index is 12.5. The van der Waals surface area contributed by atoms with Gasteiger partial charge in [-0.25, -0.2) is 0 Å². The van der Waals surface area contributed by atoms with Gasteiger partial charge in [-0.3, -0.25) is 4.79 Å². The molecule has 152 valence electrons. The molecule has 0 fully saturated rings. The Balaban J connectivity index is 1.54. The number of thioether (sulfide) groups is 1. The van der Waals surface area contributed by atoms with Crippen LogP contribution in [0.25, 0.3) is 10.2 Å². The van der Waals surface area contributed by atoms with Gasteiger partial charge in [-0.1, -0.05) is 29.9 Å². The maximum Gasteiger partial charge on any atom is 0.249 e. The van der Waals surface area contributed by atoms with E-state index in [1.807, 2.05) is 36.4 Å². The van der Waals surface area contributed by atoms with Gasteiger partial charge in [-0.15, -0.1) is 11.8 Å². The van der Waals surface area contributed by atoms with Crippen LogP contribution in [0.2, 0.25) is 5.02 Å². The average molecular weight is 449 g/mol. The van der Waals surface area contributed by atoms with Crippen LogP contribution in [0, 0.1) is 0 Å². The van der Waals surface area contributed by atoms with Gasteiger partial charge in [0, 0.05) is 40.8 Å². The van der Waals surface area contributed by atoms with E-state index in [-0.39, 0.29) is 5.91 Å². The fraction of sp³-hybridized carbons (Fsp3) is 0.333. The molecule has 0 saturated heterocycles. The Kier molecular flexibility index (Phi) is 6.47. The smallest absolute Gasteiger partial charge is 0.249 e. The summed E-state index contributed by atoms with van der Waals surface area (Å²) in [5.41, 5.74) is 1.03. The Morgan fingerprint density at radius 1 is 1.21 bits per heavy atom. The number of benzene rings is 2. The van der Waals surface area contributed by atoms with Crippen molar-refractivity contribution in [3.8, 4) is 11.5 Å². The second kappa shape index (κ2) is 9.24. The molecular formula is C21H21ClN2O3S2. The molecule has 1 aromatic heterocycles. The number of hydrogen-bond acceptors (Lipinski definition) is 5. The second-order valence-electron chi connectivity index (χ2n) is 6.56. The predicted molar refractivity (Wildman–Crippen MR) is 118 cm³/mol. The highest BCUT2D eigenvalue weighted by Gasteiger charge is 2.16. The van der Waals surface area contributed by atoms with E-state index in [1.54, 1.807) is 11.8 Å². The van der Waals surface area contributed by atoms with Crippen molar-refractivity contribution >= 4 is 50.8 Å². The topological polar surface area (TPSA) is 52.8 Å². The molecular weight excluding hydrogens is 428 g/mol. The summed E-state index contributed by atoms with van der Waals surface area (Å²) in [5, 5.41) is 0.711. The molecule has 0 bridgehead atoms. The largest absolute Gasteiger partial charge is 0.486 e. The zero-order valence-corrected chi connectivity index (χ0v) is 18.4. The molecule has 3 aromatic rings. The summed E-state index contributed by atoms with van der Waals surface area (Å²) in [6.07, 6.45) is 1.34. The van der Waals surface area contributed by atoms with Gasteiger partial charge in [0.1, 0.15) is 13.2 Å². The molecule has 8 heteroatoms. The van der Waals surface area contributed by atoms with Crippen LogP contribution < -0.4 is 14.3 Å². The average Bonchev–Trinajstić information content (AvgIpc) is 3.04. The lowest BCUT2D eigenvalue weighted by molar-refractivity contribution is -0.117. The zero-order chi connectivity index (χ0) is 20.2. The van der Waals surface area contributed by atoms with Crippen molar-refractivity contribution in [2.24, 2.45) is 4.99 Å². The Hall–Kier alpha value is -1.96. The summed E-state index contributed by atoms with van der Waals surface area (Å²) in [5.74, 6) is 2.08. The van der Waals surface area contributed by atoms with E-state index in [4.69, 9.17) is 21.1 Å². The van der Waals surface area contributed by atoms with Gasteiger partial charge in [0.25, 0.3) is 0 Å². The number of carbonyl (C=O) groups excluding carboxylic acids is 1. The van der Waals surface area contributed by atoms with Gasteiger partial charge < -0.3 is 14.0 Å². The minimum Gasteiger partial charge on any atom is -0.486 e. The summed E-state index contributed by atoms with van der Waals surface area (Å²) < 4.78 is 14.5. The standard InChI is InChI=1S/C21H21ClN2O3S2/c1-2-8-24-16-12-17-18(27-10-9-26-17)13-19(16)29-21(24)23-20(25)7-11-28-15-5-3-14(22)4-6-15/h3-6,12-13H,2,7-11H2,1H3. The molecule has 0 unspecified atom stereocenters. The number of aryl methyl sites for hydroxylation is 1. The highest BCUT2D eigenvalue weighted by atomic mass is 35.5. The highest BCUT2D eigenvalue weighted by molar-refractivity contribution is 7.99. The van der Waals surface area contributed by atoms with Gasteiger partial charge in [0.05, 0.1) is 10.2 Å². The fourth-order valence-corrected chi connectivity index (χ4v) is 5.13. The highest BCUT2D eigenvalue weighted by Crippen LogP contribution is 2.35. The molecule has 0 saturated carbocycles. The first-order chi connectivity index (χ1) is 14.1. The van der Waals surface area contributed by atoms with Crippen molar-refractivity contribution in [1.29, 1.82) is 0 Å². The Labute approximate surface area is 182 Å². The molecule has 0 aliphatic carbocycles. The van der Waals surface area contributed by atoms with Crippen LogP contribution >= 0.6 is 34.7 Å². The Morgan fingerprint density at radius 3 is 2.66 bits per heavy atom. The number of amides is 1. The zero-order valence-electron chi connectivity index (χ0n) is 16.0. The third kappa shape index (κ3) is 4.79. The molecule has 2 aromatic carbocycles. The SMILES string of the molecule is CCCn1c(=NC(=O)CCSc2ccc(Cl)cc2)sc2cc3c(cc21)OCCO3. The minimum atomic E-state index is -0.111. The molecule has 0 spiro atoms. The molecule has 5 nitrogen and oxygen atoms in total. The number of carbonyl (C=O) groups is 1. The van der Waals surface area contributed by atoms with E-state index in [1.165, 1.54) is 11.3 Å². The number of ether oxygens (including phenoxy) is 2. The van der Waals surface area contributed by atoms with E-state index in [0.29, 0.717) is 30.4 Å². The molecule has 2 heterocycles. The third-order valence-electron chi connectivity index (χ3n) is 4.41. The number of halogens is 1. The number of hydrogen-bond donors (Lipinski definition) is 0. The van der Waals surface area contributed by atoms with Crippen molar-refractivity contribution in [3.05, 3.63) is 46.2 Å². The lowest BCUT2D eigenvalue weighted by atomic mass is 10.2. The molecule has 4 rings (SSSR count). The molecule has 0 atom stereocenters. The normalized spacial score (nSPS) is 13.8. The van der Waals surface area contributed by atoms with Crippen molar-refractivity contribution < 1.29 is 14.3 Å². The van der Waals surface area contributed by atoms with Crippen LogP contribution in [0.5, 0.6) is 11.5 Å². The molecule has 29 heavy (non-hydrogen) atoms. The van der Waals surface area contributed by atoms with Crippen LogP contribution in [-0.2, 0) is 11.3 Å². The van der Waals surface area contributed by atoms with Crippen molar-refractivity contribution in [2.45, 2.75) is 31.2 Å². The summed E-state index contributed by atoms with van der Waals surface area (Å²) in [6.45, 7) is 4.02. The predicted octanol–water partition coefficient (Wildman–Crippen LogP) is 5.15. The maximum atomic E-state index is 12.5. The van der Waals surface area contributed by atoms with Crippen LogP contribution in [0.1, 0.15) is 19.8 Å². The number of thiazole rings is 1. The van der Waals surface area contributed by atoms with Crippen LogP contribution in [0.4, 0.5) is 0 Å². The van der Waals surface area contributed by atoms with E-state index in [2.05, 4.69) is 16.5 Å². The number of nitrogens with zero attached hydrogens (tertiary/aromatic N) is 2. The van der Waals surface area contributed by atoms with Crippen molar-refractivity contribution in [2.75, 3.05) is 19.0 Å². The first-order valence-electron chi connectivity index (χ1n) is 9.53. The third-order valence-corrected chi connectivity index (χ3v) is 6.72. The number of fused-ring (bicyclic) bond motifs is 2. The van der Waals surface area contributed by atoms with Gasteiger partial charge in [-0.05, 0) is 30.7 Å². The van der Waals surface area contributed by atoms with Gasteiger partial charge in [-0.2, -0.15) is 4.99 Å². The number of rotatable bonds is 6. The number of aromatic nitrogens is 1. The van der Waals surface area contributed by atoms with Crippen LogP contribution in [0.3, 0.4) is 0 Å². The summed E-state index contributed by atoms with van der Waals surface area (Å²) >= 11 is 9.05.